The molecule has 2 aromatic carbocycles. The van der Waals surface area contributed by atoms with Gasteiger partial charge in [0.15, 0.2) is 5.96 Å². The molecular formula is C23H31ClFIN4O. The highest BCUT2D eigenvalue weighted by Crippen LogP contribution is 2.24. The number of aliphatic hydroxyl groups is 1. The molecule has 8 heteroatoms. The number of anilines is 1. The highest BCUT2D eigenvalue weighted by atomic mass is 127. The Bertz CT molecular complexity index is 842. The summed E-state index contributed by atoms with van der Waals surface area (Å²) in [5.74, 6) is 0.473. The first-order chi connectivity index (χ1) is 14.5. The number of aliphatic imine (C=N–C) groups is 1. The summed E-state index contributed by atoms with van der Waals surface area (Å²) in [4.78, 5) is 6.58. The van der Waals surface area contributed by atoms with E-state index in [1.807, 2.05) is 48.2 Å². The summed E-state index contributed by atoms with van der Waals surface area (Å²) in [7, 11) is 0. The standard InChI is InChI=1S/C23H30ClFN4O.HI/c1-2-26-23(27-12-9-17-3-6-19(24)7-4-17)28-16-18-5-8-22(21(25)15-18)29-13-10-20(30)11-14-29;/h3-8,15,20,30H,2,9-14,16H2,1H3,(H2,26,27,28);1H. The van der Waals surface area contributed by atoms with Gasteiger partial charge in [0.1, 0.15) is 5.82 Å². The third-order valence-electron chi connectivity index (χ3n) is 5.20. The molecule has 2 aromatic rings. The summed E-state index contributed by atoms with van der Waals surface area (Å²) >= 11 is 5.92. The molecule has 0 aliphatic carbocycles. The van der Waals surface area contributed by atoms with Crippen LogP contribution in [0.25, 0.3) is 0 Å². The fraction of sp³-hybridized carbons (Fsp3) is 0.435. The van der Waals surface area contributed by atoms with Crippen LogP contribution in [-0.2, 0) is 13.0 Å². The maximum Gasteiger partial charge on any atom is 0.191 e. The molecule has 0 aromatic heterocycles. The summed E-state index contributed by atoms with van der Waals surface area (Å²) in [5.41, 5.74) is 2.62. The van der Waals surface area contributed by atoms with Crippen LogP contribution in [0.1, 0.15) is 30.9 Å². The first kappa shape index (κ1) is 25.7. The van der Waals surface area contributed by atoms with Gasteiger partial charge in [0.25, 0.3) is 0 Å². The molecule has 3 N–H and O–H groups in total. The number of nitrogens with zero attached hydrogens (tertiary/aromatic N) is 2. The predicted molar refractivity (Wildman–Crippen MR) is 137 cm³/mol. The van der Waals surface area contributed by atoms with Crippen LogP contribution in [0.2, 0.25) is 5.02 Å². The van der Waals surface area contributed by atoms with Crippen LogP contribution in [0.4, 0.5) is 10.1 Å². The van der Waals surface area contributed by atoms with Gasteiger partial charge in [-0.25, -0.2) is 9.38 Å². The Balaban J connectivity index is 0.00000341. The van der Waals surface area contributed by atoms with Gasteiger partial charge < -0.3 is 20.6 Å². The summed E-state index contributed by atoms with van der Waals surface area (Å²) in [6, 6.07) is 13.1. The maximum absolute atomic E-state index is 14.6. The van der Waals surface area contributed by atoms with Crippen LogP contribution < -0.4 is 15.5 Å². The lowest BCUT2D eigenvalue weighted by atomic mass is 10.1. The highest BCUT2D eigenvalue weighted by molar-refractivity contribution is 14.0. The number of benzene rings is 2. The first-order valence-electron chi connectivity index (χ1n) is 10.5. The molecule has 0 bridgehead atoms. The molecule has 3 rings (SSSR count). The lowest BCUT2D eigenvalue weighted by Gasteiger charge is -2.31. The van der Waals surface area contributed by atoms with Crippen molar-refractivity contribution in [2.24, 2.45) is 4.99 Å². The van der Waals surface area contributed by atoms with E-state index in [1.165, 1.54) is 5.56 Å². The molecule has 0 radical (unpaired) electrons. The Kier molecular flexibility index (Phi) is 10.8. The van der Waals surface area contributed by atoms with Gasteiger partial charge in [0.05, 0.1) is 18.3 Å². The average molecular weight is 561 g/mol. The van der Waals surface area contributed by atoms with Crippen molar-refractivity contribution in [3.05, 3.63) is 64.4 Å². The summed E-state index contributed by atoms with van der Waals surface area (Å²) in [6.07, 6.45) is 1.95. The number of guanidine groups is 1. The average Bonchev–Trinajstić information content (AvgIpc) is 2.74. The number of hydrogen-bond acceptors (Lipinski definition) is 3. The molecule has 0 unspecified atom stereocenters. The molecule has 0 atom stereocenters. The van der Waals surface area contributed by atoms with Gasteiger partial charge in [-0.15, -0.1) is 24.0 Å². The molecule has 1 aliphatic rings. The van der Waals surface area contributed by atoms with Crippen LogP contribution in [0.5, 0.6) is 0 Å². The van der Waals surface area contributed by atoms with Gasteiger partial charge in [-0.05, 0) is 61.6 Å². The molecule has 31 heavy (non-hydrogen) atoms. The number of nitrogens with one attached hydrogen (secondary N) is 2. The van der Waals surface area contributed by atoms with Gasteiger partial charge in [-0.1, -0.05) is 29.8 Å². The Hall–Kier alpha value is -1.58. The quantitative estimate of drug-likeness (QED) is 0.268. The lowest BCUT2D eigenvalue weighted by molar-refractivity contribution is 0.145. The van der Waals surface area contributed by atoms with E-state index in [1.54, 1.807) is 6.07 Å². The Morgan fingerprint density at radius 1 is 1.13 bits per heavy atom. The first-order valence-corrected chi connectivity index (χ1v) is 10.9. The zero-order chi connectivity index (χ0) is 21.3. The minimum Gasteiger partial charge on any atom is -0.393 e. The summed E-state index contributed by atoms with van der Waals surface area (Å²) in [5, 5.41) is 16.9. The van der Waals surface area contributed by atoms with Crippen molar-refractivity contribution >= 4 is 47.2 Å². The van der Waals surface area contributed by atoms with E-state index in [0.717, 1.165) is 30.1 Å². The molecule has 0 spiro atoms. The lowest BCUT2D eigenvalue weighted by Crippen LogP contribution is -2.38. The zero-order valence-electron chi connectivity index (χ0n) is 17.8. The van der Waals surface area contributed by atoms with Gasteiger partial charge >= 0.3 is 0 Å². The highest BCUT2D eigenvalue weighted by Gasteiger charge is 2.19. The van der Waals surface area contributed by atoms with Gasteiger partial charge in [0, 0.05) is 31.2 Å². The monoisotopic (exact) mass is 560 g/mol. The van der Waals surface area contributed by atoms with Crippen LogP contribution in [0.15, 0.2) is 47.5 Å². The molecule has 5 nitrogen and oxygen atoms in total. The fourth-order valence-corrected chi connectivity index (χ4v) is 3.63. The number of hydrogen-bond donors (Lipinski definition) is 3. The van der Waals surface area contributed by atoms with Crippen molar-refractivity contribution in [3.63, 3.8) is 0 Å². The fourth-order valence-electron chi connectivity index (χ4n) is 3.50. The smallest absolute Gasteiger partial charge is 0.191 e. The Labute approximate surface area is 206 Å². The summed E-state index contributed by atoms with van der Waals surface area (Å²) in [6.45, 7) is 5.25. The third kappa shape index (κ3) is 8.12. The number of halogens is 3. The summed E-state index contributed by atoms with van der Waals surface area (Å²) < 4.78 is 14.6. The Morgan fingerprint density at radius 3 is 2.45 bits per heavy atom. The van der Waals surface area contributed by atoms with Crippen molar-refractivity contribution in [1.29, 1.82) is 0 Å². The number of aliphatic hydroxyl groups excluding tert-OH is 1. The molecule has 1 heterocycles. The topological polar surface area (TPSA) is 59.9 Å². The maximum atomic E-state index is 14.6. The van der Waals surface area contributed by atoms with E-state index < -0.39 is 0 Å². The van der Waals surface area contributed by atoms with Gasteiger partial charge in [-0.3, -0.25) is 0 Å². The van der Waals surface area contributed by atoms with Crippen LogP contribution in [-0.4, -0.2) is 43.3 Å². The molecule has 170 valence electrons. The van der Waals surface area contributed by atoms with E-state index in [9.17, 15) is 9.50 Å². The second-order valence-corrected chi connectivity index (χ2v) is 7.94. The molecule has 1 fully saturated rings. The van der Waals surface area contributed by atoms with Crippen molar-refractivity contribution in [3.8, 4) is 0 Å². The van der Waals surface area contributed by atoms with Crippen LogP contribution in [0, 0.1) is 5.82 Å². The van der Waals surface area contributed by atoms with Crippen molar-refractivity contribution in [2.45, 2.75) is 38.8 Å². The normalized spacial score (nSPS) is 14.8. The zero-order valence-corrected chi connectivity index (χ0v) is 20.9. The van der Waals surface area contributed by atoms with Crippen molar-refractivity contribution in [1.82, 2.24) is 10.6 Å². The van der Waals surface area contributed by atoms with Gasteiger partial charge in [-0.2, -0.15) is 0 Å². The molecular weight excluding hydrogens is 530 g/mol. The SMILES string of the molecule is CCNC(=NCc1ccc(N2CCC(O)CC2)c(F)c1)NCCc1ccc(Cl)cc1.I. The number of piperidine rings is 1. The van der Waals surface area contributed by atoms with Crippen LogP contribution >= 0.6 is 35.6 Å². The molecule has 1 aliphatic heterocycles. The minimum atomic E-state index is -0.269. The largest absolute Gasteiger partial charge is 0.393 e. The second kappa shape index (κ2) is 13.1. The van der Waals surface area contributed by atoms with E-state index in [0.29, 0.717) is 44.1 Å². The second-order valence-electron chi connectivity index (χ2n) is 7.50. The Morgan fingerprint density at radius 2 is 1.81 bits per heavy atom. The molecule has 1 saturated heterocycles. The van der Waals surface area contributed by atoms with Crippen molar-refractivity contribution in [2.75, 3.05) is 31.1 Å². The number of rotatable bonds is 7. The van der Waals surface area contributed by atoms with Crippen LogP contribution in [0.3, 0.4) is 0 Å². The van der Waals surface area contributed by atoms with E-state index in [-0.39, 0.29) is 35.9 Å². The van der Waals surface area contributed by atoms with E-state index in [4.69, 9.17) is 11.6 Å². The molecule has 0 amide bonds. The third-order valence-corrected chi connectivity index (χ3v) is 5.45. The predicted octanol–water partition coefficient (Wildman–Crippen LogP) is 4.36. The molecule has 0 saturated carbocycles. The van der Waals surface area contributed by atoms with Gasteiger partial charge in [0.2, 0.25) is 0 Å². The minimum absolute atomic E-state index is 0. The van der Waals surface area contributed by atoms with E-state index >= 15 is 0 Å². The van der Waals surface area contributed by atoms with Crippen molar-refractivity contribution < 1.29 is 9.50 Å². The van der Waals surface area contributed by atoms with E-state index in [2.05, 4.69) is 15.6 Å².